The molecule has 3 heteroatoms. The largest absolute Gasteiger partial charge is 0.398 e. The van der Waals surface area contributed by atoms with Crippen molar-refractivity contribution in [3.63, 3.8) is 0 Å². The molecule has 19 heavy (non-hydrogen) atoms. The van der Waals surface area contributed by atoms with E-state index in [4.69, 9.17) is 10.7 Å². The number of nitrogens with zero attached hydrogens (tertiary/aromatic N) is 1. The first kappa shape index (κ1) is 11.7. The molecule has 2 aromatic heterocycles. The molecule has 2 aliphatic carbocycles. The van der Waals surface area contributed by atoms with Crippen molar-refractivity contribution in [2.45, 2.75) is 51.9 Å². The third-order valence-electron chi connectivity index (χ3n) is 4.76. The van der Waals surface area contributed by atoms with Gasteiger partial charge in [-0.25, -0.2) is 4.98 Å². The first-order valence-electron chi connectivity index (χ1n) is 7.45. The maximum Gasteiger partial charge on any atom is 0.126 e. The minimum Gasteiger partial charge on any atom is -0.398 e. The highest BCUT2D eigenvalue weighted by atomic mass is 32.1. The molecule has 0 saturated heterocycles. The van der Waals surface area contributed by atoms with Gasteiger partial charge in [-0.1, -0.05) is 6.92 Å². The fourth-order valence-corrected chi connectivity index (χ4v) is 4.97. The van der Waals surface area contributed by atoms with Gasteiger partial charge in [-0.05, 0) is 62.0 Å². The number of fused-ring (bicyclic) bond motifs is 4. The zero-order chi connectivity index (χ0) is 13.0. The molecule has 2 N–H and O–H groups in total. The van der Waals surface area contributed by atoms with Crippen LogP contribution >= 0.6 is 11.3 Å². The Morgan fingerprint density at radius 2 is 2.00 bits per heavy atom. The molecule has 2 aromatic rings. The predicted octanol–water partition coefficient (Wildman–Crippen LogP) is 3.88. The van der Waals surface area contributed by atoms with Crippen LogP contribution in [0.1, 0.15) is 47.9 Å². The summed E-state index contributed by atoms with van der Waals surface area (Å²) in [5.41, 5.74) is 11.8. The van der Waals surface area contributed by atoms with E-state index in [1.54, 1.807) is 4.88 Å². The Bertz CT molecular complexity index is 657. The molecule has 0 unspecified atom stereocenters. The molecule has 1 atom stereocenters. The van der Waals surface area contributed by atoms with Crippen LogP contribution in [0.25, 0.3) is 10.2 Å². The SMILES string of the molecule is C[C@H]1CCc2nc3sc4c(c3c(N)c2C1)CCCC4. The number of aromatic nitrogens is 1. The fraction of sp³-hybridized carbons (Fsp3) is 0.562. The van der Waals surface area contributed by atoms with Gasteiger partial charge in [0.15, 0.2) is 0 Å². The van der Waals surface area contributed by atoms with Crippen molar-refractivity contribution in [2.75, 3.05) is 5.73 Å². The first-order chi connectivity index (χ1) is 9.24. The number of pyridine rings is 1. The maximum atomic E-state index is 6.54. The molecular weight excluding hydrogens is 252 g/mol. The summed E-state index contributed by atoms with van der Waals surface area (Å²) in [7, 11) is 0. The van der Waals surface area contributed by atoms with E-state index in [9.17, 15) is 0 Å². The lowest BCUT2D eigenvalue weighted by atomic mass is 9.85. The molecule has 4 rings (SSSR count). The van der Waals surface area contributed by atoms with Crippen LogP contribution in [-0.4, -0.2) is 4.98 Å². The second-order valence-corrected chi connectivity index (χ2v) is 7.27. The summed E-state index contributed by atoms with van der Waals surface area (Å²) in [6.45, 7) is 2.33. The molecule has 0 fully saturated rings. The van der Waals surface area contributed by atoms with E-state index in [1.807, 2.05) is 11.3 Å². The molecule has 2 heterocycles. The highest BCUT2D eigenvalue weighted by Gasteiger charge is 2.25. The number of hydrogen-bond acceptors (Lipinski definition) is 3. The highest BCUT2D eigenvalue weighted by Crippen LogP contribution is 2.42. The van der Waals surface area contributed by atoms with Gasteiger partial charge in [0.25, 0.3) is 0 Å². The monoisotopic (exact) mass is 272 g/mol. The van der Waals surface area contributed by atoms with Gasteiger partial charge in [-0.2, -0.15) is 0 Å². The summed E-state index contributed by atoms with van der Waals surface area (Å²) in [5, 5.41) is 1.31. The minimum atomic E-state index is 0.753. The summed E-state index contributed by atoms with van der Waals surface area (Å²) in [6.07, 6.45) is 8.57. The number of rotatable bonds is 0. The Hall–Kier alpha value is -1.09. The van der Waals surface area contributed by atoms with Crippen LogP contribution in [0.15, 0.2) is 0 Å². The van der Waals surface area contributed by atoms with Crippen LogP contribution in [0, 0.1) is 5.92 Å². The van der Waals surface area contributed by atoms with Gasteiger partial charge in [-0.3, -0.25) is 0 Å². The zero-order valence-corrected chi connectivity index (χ0v) is 12.3. The number of nitrogen functional groups attached to an aromatic ring is 1. The predicted molar refractivity (Wildman–Crippen MR) is 81.9 cm³/mol. The number of nitrogens with two attached hydrogens (primary N) is 1. The lowest BCUT2D eigenvalue weighted by Gasteiger charge is -2.22. The molecule has 100 valence electrons. The van der Waals surface area contributed by atoms with Crippen molar-refractivity contribution in [1.82, 2.24) is 4.98 Å². The van der Waals surface area contributed by atoms with Gasteiger partial charge in [0.05, 0.1) is 0 Å². The highest BCUT2D eigenvalue weighted by molar-refractivity contribution is 7.19. The maximum absolute atomic E-state index is 6.54. The average molecular weight is 272 g/mol. The number of thiophene rings is 1. The molecular formula is C16H20N2S. The van der Waals surface area contributed by atoms with Crippen molar-refractivity contribution in [3.05, 3.63) is 21.7 Å². The van der Waals surface area contributed by atoms with E-state index in [-0.39, 0.29) is 0 Å². The molecule has 0 bridgehead atoms. The first-order valence-corrected chi connectivity index (χ1v) is 8.27. The summed E-state index contributed by atoms with van der Waals surface area (Å²) >= 11 is 1.90. The van der Waals surface area contributed by atoms with Crippen molar-refractivity contribution in [2.24, 2.45) is 5.92 Å². The second-order valence-electron chi connectivity index (χ2n) is 6.19. The van der Waals surface area contributed by atoms with Gasteiger partial charge in [-0.15, -0.1) is 11.3 Å². The Kier molecular flexibility index (Phi) is 2.59. The van der Waals surface area contributed by atoms with Crippen molar-refractivity contribution in [1.29, 1.82) is 0 Å². The second kappa shape index (κ2) is 4.20. The number of aryl methyl sites for hydroxylation is 3. The lowest BCUT2D eigenvalue weighted by Crippen LogP contribution is -2.15. The van der Waals surface area contributed by atoms with Crippen molar-refractivity contribution in [3.8, 4) is 0 Å². The van der Waals surface area contributed by atoms with E-state index in [1.165, 1.54) is 59.1 Å². The van der Waals surface area contributed by atoms with Gasteiger partial charge in [0.2, 0.25) is 0 Å². The van der Waals surface area contributed by atoms with E-state index in [0.29, 0.717) is 0 Å². The van der Waals surface area contributed by atoms with Gasteiger partial charge in [0.1, 0.15) is 4.83 Å². The molecule has 0 saturated carbocycles. The van der Waals surface area contributed by atoms with E-state index < -0.39 is 0 Å². The summed E-state index contributed by atoms with van der Waals surface area (Å²) in [6, 6.07) is 0. The molecule has 0 aromatic carbocycles. The molecule has 0 aliphatic heterocycles. The molecule has 0 spiro atoms. The van der Waals surface area contributed by atoms with Crippen LogP contribution in [0.2, 0.25) is 0 Å². The average Bonchev–Trinajstić information content (AvgIpc) is 2.78. The van der Waals surface area contributed by atoms with Gasteiger partial charge >= 0.3 is 0 Å². The smallest absolute Gasteiger partial charge is 0.126 e. The lowest BCUT2D eigenvalue weighted by molar-refractivity contribution is 0.496. The number of hydrogen-bond donors (Lipinski definition) is 1. The topological polar surface area (TPSA) is 38.9 Å². The molecule has 0 amide bonds. The van der Waals surface area contributed by atoms with Crippen LogP contribution in [-0.2, 0) is 25.7 Å². The Morgan fingerprint density at radius 1 is 1.16 bits per heavy atom. The van der Waals surface area contributed by atoms with E-state index in [0.717, 1.165) is 24.4 Å². The fourth-order valence-electron chi connectivity index (χ4n) is 3.67. The summed E-state index contributed by atoms with van der Waals surface area (Å²) < 4.78 is 0. The van der Waals surface area contributed by atoms with E-state index in [2.05, 4.69) is 6.92 Å². The third-order valence-corrected chi connectivity index (χ3v) is 5.94. The third kappa shape index (κ3) is 1.71. The van der Waals surface area contributed by atoms with Crippen LogP contribution in [0.5, 0.6) is 0 Å². The number of anilines is 1. The minimum absolute atomic E-state index is 0.753. The Morgan fingerprint density at radius 3 is 2.89 bits per heavy atom. The molecule has 0 radical (unpaired) electrons. The van der Waals surface area contributed by atoms with Crippen LogP contribution in [0.4, 0.5) is 5.69 Å². The standard InChI is InChI=1S/C16H20N2S/c1-9-6-7-12-11(8-9)15(17)14-10-4-2-3-5-13(10)19-16(14)18-12/h9H,2-8H2,1H3,(H2,17,18)/t9-/m0/s1. The van der Waals surface area contributed by atoms with Gasteiger partial charge < -0.3 is 5.73 Å². The molecule has 2 aliphatic rings. The van der Waals surface area contributed by atoms with E-state index >= 15 is 0 Å². The van der Waals surface area contributed by atoms with Gasteiger partial charge in [0, 0.05) is 21.6 Å². The van der Waals surface area contributed by atoms with Crippen LogP contribution < -0.4 is 5.73 Å². The normalized spacial score (nSPS) is 22.3. The van der Waals surface area contributed by atoms with Crippen molar-refractivity contribution >= 4 is 27.2 Å². The molecule has 2 nitrogen and oxygen atoms in total. The zero-order valence-electron chi connectivity index (χ0n) is 11.5. The Labute approximate surface area is 118 Å². The quantitative estimate of drug-likeness (QED) is 0.790. The Balaban J connectivity index is 1.99. The summed E-state index contributed by atoms with van der Waals surface area (Å²) in [4.78, 5) is 7.71. The van der Waals surface area contributed by atoms with Crippen LogP contribution in [0.3, 0.4) is 0 Å². The van der Waals surface area contributed by atoms with Crippen molar-refractivity contribution < 1.29 is 0 Å². The summed E-state index contributed by atoms with van der Waals surface area (Å²) in [5.74, 6) is 0.753.